The summed E-state index contributed by atoms with van der Waals surface area (Å²) in [5.74, 6) is 0. The van der Waals surface area contributed by atoms with E-state index in [1.807, 2.05) is 0 Å². The van der Waals surface area contributed by atoms with Gasteiger partial charge in [0, 0.05) is 5.02 Å². The fourth-order valence-corrected chi connectivity index (χ4v) is 1.09. The van der Waals surface area contributed by atoms with Crippen LogP contribution >= 0.6 is 11.6 Å². The molecular weight excluding hydrogens is 190 g/mol. The van der Waals surface area contributed by atoms with E-state index >= 15 is 0 Å². The van der Waals surface area contributed by atoms with Crippen molar-refractivity contribution in [3.05, 3.63) is 35.6 Å². The maximum atomic E-state index is 9.20. The van der Waals surface area contributed by atoms with Crippen LogP contribution in [-0.4, -0.2) is 19.9 Å². The van der Waals surface area contributed by atoms with Crippen LogP contribution in [-0.2, 0) is 0 Å². The van der Waals surface area contributed by atoms with Crippen LogP contribution in [0.15, 0.2) is 24.3 Å². The van der Waals surface area contributed by atoms with E-state index in [1.54, 1.807) is 24.3 Å². The zero-order chi connectivity index (χ0) is 9.26. The number of benzene rings is 1. The summed E-state index contributed by atoms with van der Waals surface area (Å²) in [6.07, 6.45) is 2.50. The predicted molar refractivity (Wildman–Crippen MR) is 46.9 cm³/mol. The Morgan fingerprint density at radius 3 is 2.54 bits per heavy atom. The van der Waals surface area contributed by atoms with Crippen LogP contribution in [0.2, 0.25) is 5.02 Å². The molecule has 0 atom stereocenters. The third kappa shape index (κ3) is 1.48. The molecule has 0 bridgehead atoms. The number of hydrogen-bond acceptors (Lipinski definition) is 3. The van der Waals surface area contributed by atoms with Gasteiger partial charge in [0.25, 0.3) is 0 Å². The Balaban J connectivity index is 2.47. The molecule has 1 heterocycles. The second-order valence-corrected chi connectivity index (χ2v) is 2.85. The van der Waals surface area contributed by atoms with E-state index in [1.165, 1.54) is 4.57 Å². The minimum Gasteiger partial charge on any atom is -0.479 e. The van der Waals surface area contributed by atoms with Gasteiger partial charge in [0.05, 0.1) is 5.69 Å². The molecule has 0 aliphatic heterocycles. The second kappa shape index (κ2) is 3.06. The van der Waals surface area contributed by atoms with Gasteiger partial charge in [-0.15, -0.1) is 5.10 Å². The summed E-state index contributed by atoms with van der Waals surface area (Å²) in [6, 6.07) is 6.71. The van der Waals surface area contributed by atoms with Crippen molar-refractivity contribution in [1.82, 2.24) is 14.8 Å². The van der Waals surface area contributed by atoms with Gasteiger partial charge in [-0.3, -0.25) is 0 Å². The van der Waals surface area contributed by atoms with Crippen LogP contribution in [0.25, 0.3) is 5.69 Å². The molecular formula is C8H5ClN3O. The standard InChI is InChI=1S/C8H5ClN3O/c9-6-1-3-7(4-2-6)12-5-10-11-8(12)13/h1-4H,(H,11,13). The zero-order valence-corrected chi connectivity index (χ0v) is 7.23. The Labute approximate surface area is 79.4 Å². The van der Waals surface area contributed by atoms with Crippen LogP contribution in [0, 0.1) is 6.33 Å². The van der Waals surface area contributed by atoms with E-state index < -0.39 is 0 Å². The SMILES string of the molecule is Oc1nn[c]n1-c1ccc(Cl)cc1. The Hall–Kier alpha value is -1.55. The van der Waals surface area contributed by atoms with Crippen LogP contribution in [0.5, 0.6) is 6.01 Å². The summed E-state index contributed by atoms with van der Waals surface area (Å²) in [7, 11) is 0. The van der Waals surface area contributed by atoms with Gasteiger partial charge >= 0.3 is 6.01 Å². The molecule has 0 fully saturated rings. The maximum Gasteiger partial charge on any atom is 0.319 e. The minimum atomic E-state index is -0.192. The predicted octanol–water partition coefficient (Wildman–Crippen LogP) is 1.43. The molecule has 0 unspecified atom stereocenters. The molecule has 1 N–H and O–H groups in total. The average Bonchev–Trinajstić information content (AvgIpc) is 2.53. The lowest BCUT2D eigenvalue weighted by Gasteiger charge is -2.00. The molecule has 65 valence electrons. The summed E-state index contributed by atoms with van der Waals surface area (Å²) in [6.45, 7) is 0. The smallest absolute Gasteiger partial charge is 0.319 e. The monoisotopic (exact) mass is 194 g/mol. The molecule has 0 saturated heterocycles. The van der Waals surface area contributed by atoms with Crippen LogP contribution in [0.4, 0.5) is 0 Å². The highest BCUT2D eigenvalue weighted by Crippen LogP contribution is 2.15. The first-order valence-corrected chi connectivity index (χ1v) is 3.93. The molecule has 0 aliphatic carbocycles. The molecule has 2 rings (SSSR count). The van der Waals surface area contributed by atoms with Gasteiger partial charge in [-0.05, 0) is 24.3 Å². The topological polar surface area (TPSA) is 50.9 Å². The highest BCUT2D eigenvalue weighted by Gasteiger charge is 2.03. The molecule has 1 radical (unpaired) electrons. The summed E-state index contributed by atoms with van der Waals surface area (Å²) < 4.78 is 1.33. The van der Waals surface area contributed by atoms with Gasteiger partial charge in [0.15, 0.2) is 0 Å². The van der Waals surface area contributed by atoms with Gasteiger partial charge in [0.1, 0.15) is 0 Å². The number of halogens is 1. The van der Waals surface area contributed by atoms with E-state index in [0.717, 1.165) is 0 Å². The lowest BCUT2D eigenvalue weighted by molar-refractivity contribution is 0.419. The van der Waals surface area contributed by atoms with Gasteiger partial charge < -0.3 is 5.11 Å². The number of hydrogen-bond donors (Lipinski definition) is 1. The Morgan fingerprint density at radius 2 is 2.00 bits per heavy atom. The molecule has 1 aromatic carbocycles. The van der Waals surface area contributed by atoms with Crippen molar-refractivity contribution < 1.29 is 5.11 Å². The summed E-state index contributed by atoms with van der Waals surface area (Å²) in [5, 5.41) is 16.7. The third-order valence-electron chi connectivity index (χ3n) is 1.57. The highest BCUT2D eigenvalue weighted by atomic mass is 35.5. The Kier molecular flexibility index (Phi) is 1.90. The molecule has 0 aliphatic rings. The van der Waals surface area contributed by atoms with E-state index in [2.05, 4.69) is 16.5 Å². The zero-order valence-electron chi connectivity index (χ0n) is 6.48. The molecule has 0 amide bonds. The first-order valence-electron chi connectivity index (χ1n) is 3.55. The van der Waals surface area contributed by atoms with Gasteiger partial charge in [0.2, 0.25) is 6.33 Å². The van der Waals surface area contributed by atoms with Crippen molar-refractivity contribution in [2.75, 3.05) is 0 Å². The number of rotatable bonds is 1. The van der Waals surface area contributed by atoms with Crippen molar-refractivity contribution in [3.63, 3.8) is 0 Å². The van der Waals surface area contributed by atoms with Gasteiger partial charge in [-0.25, -0.2) is 4.57 Å². The molecule has 2 aromatic rings. The lowest BCUT2D eigenvalue weighted by atomic mass is 10.3. The minimum absolute atomic E-state index is 0.192. The molecule has 5 heteroatoms. The van der Waals surface area contributed by atoms with Crippen molar-refractivity contribution in [3.8, 4) is 11.7 Å². The molecule has 13 heavy (non-hydrogen) atoms. The quantitative estimate of drug-likeness (QED) is 0.747. The maximum absolute atomic E-state index is 9.20. The summed E-state index contributed by atoms with van der Waals surface area (Å²) >= 11 is 5.70. The number of aromatic hydroxyl groups is 1. The lowest BCUT2D eigenvalue weighted by Crippen LogP contribution is -1.90. The molecule has 4 nitrogen and oxygen atoms in total. The van der Waals surface area contributed by atoms with Gasteiger partial charge in [-0.2, -0.15) is 0 Å². The third-order valence-corrected chi connectivity index (χ3v) is 1.82. The fourth-order valence-electron chi connectivity index (χ4n) is 0.965. The van der Waals surface area contributed by atoms with E-state index in [4.69, 9.17) is 11.6 Å². The van der Waals surface area contributed by atoms with Crippen LogP contribution < -0.4 is 0 Å². The summed E-state index contributed by atoms with van der Waals surface area (Å²) in [4.78, 5) is 0. The second-order valence-electron chi connectivity index (χ2n) is 2.41. The van der Waals surface area contributed by atoms with E-state index in [0.29, 0.717) is 10.7 Å². The average molecular weight is 195 g/mol. The van der Waals surface area contributed by atoms with Crippen LogP contribution in [0.1, 0.15) is 0 Å². The fraction of sp³-hybridized carbons (Fsp3) is 0. The van der Waals surface area contributed by atoms with Crippen molar-refractivity contribution in [1.29, 1.82) is 0 Å². The molecule has 0 spiro atoms. The van der Waals surface area contributed by atoms with Gasteiger partial charge in [-0.1, -0.05) is 16.7 Å². The Bertz CT molecular complexity index is 410. The summed E-state index contributed by atoms with van der Waals surface area (Å²) in [5.41, 5.74) is 0.715. The van der Waals surface area contributed by atoms with E-state index in [9.17, 15) is 5.11 Å². The normalized spacial score (nSPS) is 10.2. The van der Waals surface area contributed by atoms with Crippen molar-refractivity contribution >= 4 is 11.6 Å². The van der Waals surface area contributed by atoms with Crippen molar-refractivity contribution in [2.24, 2.45) is 0 Å². The number of nitrogens with zero attached hydrogens (tertiary/aromatic N) is 3. The Morgan fingerprint density at radius 1 is 1.31 bits per heavy atom. The van der Waals surface area contributed by atoms with Crippen LogP contribution in [0.3, 0.4) is 0 Å². The molecule has 1 aromatic heterocycles. The number of aromatic nitrogens is 3. The first-order chi connectivity index (χ1) is 6.27. The highest BCUT2D eigenvalue weighted by molar-refractivity contribution is 6.30. The largest absolute Gasteiger partial charge is 0.479 e. The first kappa shape index (κ1) is 8.07. The van der Waals surface area contributed by atoms with Crippen molar-refractivity contribution in [2.45, 2.75) is 0 Å². The molecule has 0 saturated carbocycles. The van der Waals surface area contributed by atoms with E-state index in [-0.39, 0.29) is 6.01 Å².